The van der Waals surface area contributed by atoms with E-state index in [1.165, 1.54) is 11.8 Å². The Bertz CT molecular complexity index is 842. The number of nitrogens with zero attached hydrogens (tertiary/aromatic N) is 2. The molecule has 0 saturated carbocycles. The highest BCUT2D eigenvalue weighted by Crippen LogP contribution is 2.35. The van der Waals surface area contributed by atoms with Crippen LogP contribution >= 0.6 is 23.4 Å². The van der Waals surface area contributed by atoms with Crippen molar-refractivity contribution in [3.8, 4) is 0 Å². The van der Waals surface area contributed by atoms with E-state index in [4.69, 9.17) is 16.3 Å². The summed E-state index contributed by atoms with van der Waals surface area (Å²) < 4.78 is 5.29. The molecule has 0 aliphatic rings. The van der Waals surface area contributed by atoms with Crippen molar-refractivity contribution in [1.29, 1.82) is 0 Å². The number of rotatable bonds is 1. The van der Waals surface area contributed by atoms with Gasteiger partial charge in [-0.25, -0.2) is 9.98 Å². The minimum atomic E-state index is 0.604. The Morgan fingerprint density at radius 3 is 2.67 bits per heavy atom. The van der Waals surface area contributed by atoms with E-state index in [0.29, 0.717) is 10.3 Å². The molecule has 21 heavy (non-hydrogen) atoms. The highest BCUT2D eigenvalue weighted by molar-refractivity contribution is 8.12. The summed E-state index contributed by atoms with van der Waals surface area (Å²) in [6.07, 6.45) is 1.93. The van der Waals surface area contributed by atoms with Gasteiger partial charge in [-0.1, -0.05) is 41.6 Å². The van der Waals surface area contributed by atoms with Crippen LogP contribution in [0.2, 0.25) is 5.02 Å². The molecule has 3 aromatic rings. The van der Waals surface area contributed by atoms with Crippen molar-refractivity contribution < 1.29 is 4.74 Å². The lowest BCUT2D eigenvalue weighted by atomic mass is 10.1. The Morgan fingerprint density at radius 2 is 1.90 bits per heavy atom. The molecule has 0 aliphatic carbocycles. The van der Waals surface area contributed by atoms with E-state index in [1.54, 1.807) is 7.11 Å². The molecule has 0 amide bonds. The minimum absolute atomic E-state index is 0.604. The maximum atomic E-state index is 6.13. The molecule has 0 fully saturated rings. The Morgan fingerprint density at radius 1 is 1.14 bits per heavy atom. The first-order valence-corrected chi connectivity index (χ1v) is 7.98. The summed E-state index contributed by atoms with van der Waals surface area (Å²) in [4.78, 5) is 9.31. The van der Waals surface area contributed by atoms with E-state index >= 15 is 0 Å². The molecule has 3 nitrogen and oxygen atoms in total. The summed E-state index contributed by atoms with van der Waals surface area (Å²) in [6, 6.07) is 13.6. The molecule has 0 unspecified atom stereocenters. The number of thioether (sulfide) groups is 1. The fourth-order valence-electron chi connectivity index (χ4n) is 2.23. The summed E-state index contributed by atoms with van der Waals surface area (Å²) in [5.41, 5.74) is 2.61. The van der Waals surface area contributed by atoms with Gasteiger partial charge in [0.1, 0.15) is 0 Å². The first-order chi connectivity index (χ1) is 10.2. The zero-order valence-electron chi connectivity index (χ0n) is 11.6. The molecule has 0 saturated heterocycles. The number of ether oxygens (including phenoxy) is 1. The standard InChI is InChI=1S/C16H13ClN2OS/c1-20-16(21-2)19-15-11-5-3-4-6-13(11)18-14-8-7-10(17)9-12(14)15/h3-9H,1-2H3. The first kappa shape index (κ1) is 14.2. The van der Waals surface area contributed by atoms with E-state index < -0.39 is 0 Å². The van der Waals surface area contributed by atoms with Crippen molar-refractivity contribution in [2.45, 2.75) is 0 Å². The average molecular weight is 317 g/mol. The van der Waals surface area contributed by atoms with Crippen molar-refractivity contribution in [2.75, 3.05) is 13.4 Å². The fourth-order valence-corrected chi connectivity index (χ4v) is 2.75. The zero-order valence-corrected chi connectivity index (χ0v) is 13.2. The van der Waals surface area contributed by atoms with Crippen molar-refractivity contribution in [3.63, 3.8) is 0 Å². The van der Waals surface area contributed by atoms with Gasteiger partial charge in [-0.05, 0) is 30.5 Å². The van der Waals surface area contributed by atoms with Gasteiger partial charge in [-0.2, -0.15) is 0 Å². The number of pyridine rings is 1. The molecule has 0 spiro atoms. The predicted molar refractivity (Wildman–Crippen MR) is 91.9 cm³/mol. The molecule has 3 rings (SSSR count). The van der Waals surface area contributed by atoms with Crippen LogP contribution in [0.25, 0.3) is 21.8 Å². The Labute approximate surface area is 132 Å². The molecule has 0 aliphatic heterocycles. The SMILES string of the molecule is COC(=Nc1c2ccccc2nc2ccc(Cl)cc12)SC. The van der Waals surface area contributed by atoms with Gasteiger partial charge in [0.25, 0.3) is 0 Å². The lowest BCUT2D eigenvalue weighted by molar-refractivity contribution is 0.416. The van der Waals surface area contributed by atoms with Gasteiger partial charge < -0.3 is 4.74 Å². The third-order valence-corrected chi connectivity index (χ3v) is 4.01. The highest BCUT2D eigenvalue weighted by Gasteiger charge is 2.10. The van der Waals surface area contributed by atoms with Crippen molar-refractivity contribution in [1.82, 2.24) is 4.98 Å². The first-order valence-electron chi connectivity index (χ1n) is 6.37. The normalized spacial score (nSPS) is 12.0. The zero-order chi connectivity index (χ0) is 14.8. The summed E-state index contributed by atoms with van der Waals surface area (Å²) in [6.45, 7) is 0. The molecule has 0 atom stereocenters. The van der Waals surface area contributed by atoms with Gasteiger partial charge >= 0.3 is 0 Å². The second kappa shape index (κ2) is 5.92. The van der Waals surface area contributed by atoms with Crippen molar-refractivity contribution in [2.24, 2.45) is 4.99 Å². The van der Waals surface area contributed by atoms with E-state index in [-0.39, 0.29) is 0 Å². The number of halogens is 1. The summed E-state index contributed by atoms with van der Waals surface area (Å²) in [5, 5.41) is 3.17. The van der Waals surface area contributed by atoms with Gasteiger partial charge in [0.05, 0.1) is 23.8 Å². The molecule has 5 heteroatoms. The van der Waals surface area contributed by atoms with Gasteiger partial charge in [0, 0.05) is 15.8 Å². The maximum Gasteiger partial charge on any atom is 0.250 e. The van der Waals surface area contributed by atoms with E-state index in [1.807, 2.05) is 48.7 Å². The van der Waals surface area contributed by atoms with Crippen LogP contribution in [0.3, 0.4) is 0 Å². The van der Waals surface area contributed by atoms with Gasteiger partial charge in [0.15, 0.2) is 0 Å². The molecule has 1 heterocycles. The monoisotopic (exact) mass is 316 g/mol. The number of para-hydroxylation sites is 1. The summed E-state index contributed by atoms with van der Waals surface area (Å²) in [7, 11) is 1.62. The molecule has 0 radical (unpaired) electrons. The van der Waals surface area contributed by atoms with Gasteiger partial charge in [0.2, 0.25) is 5.23 Å². The van der Waals surface area contributed by atoms with E-state index in [9.17, 15) is 0 Å². The molecule has 2 aromatic carbocycles. The average Bonchev–Trinajstić information content (AvgIpc) is 2.52. The number of fused-ring (bicyclic) bond motifs is 2. The number of aromatic nitrogens is 1. The third kappa shape index (κ3) is 2.69. The Balaban J connectivity index is 2.44. The summed E-state index contributed by atoms with van der Waals surface area (Å²) in [5.74, 6) is 0. The van der Waals surface area contributed by atoms with Crippen LogP contribution in [0.15, 0.2) is 47.5 Å². The topological polar surface area (TPSA) is 34.5 Å². The van der Waals surface area contributed by atoms with Crippen LogP contribution in [0.1, 0.15) is 0 Å². The quantitative estimate of drug-likeness (QED) is 0.358. The maximum absolute atomic E-state index is 6.13. The molecule has 1 aromatic heterocycles. The number of hydrogen-bond donors (Lipinski definition) is 0. The van der Waals surface area contributed by atoms with E-state index in [2.05, 4.69) is 9.98 Å². The molecular weight excluding hydrogens is 304 g/mol. The number of benzene rings is 2. The van der Waals surface area contributed by atoms with Gasteiger partial charge in [-0.15, -0.1) is 0 Å². The van der Waals surface area contributed by atoms with Crippen LogP contribution in [0, 0.1) is 0 Å². The Hall–Kier alpha value is -1.78. The lowest BCUT2D eigenvalue weighted by Gasteiger charge is -2.09. The van der Waals surface area contributed by atoms with Crippen LogP contribution in [0.4, 0.5) is 5.69 Å². The fraction of sp³-hybridized carbons (Fsp3) is 0.125. The van der Waals surface area contributed by atoms with Crippen LogP contribution in [0.5, 0.6) is 0 Å². The summed E-state index contributed by atoms with van der Waals surface area (Å²) >= 11 is 7.59. The van der Waals surface area contributed by atoms with Crippen molar-refractivity contribution in [3.05, 3.63) is 47.5 Å². The van der Waals surface area contributed by atoms with E-state index in [0.717, 1.165) is 27.5 Å². The Kier molecular flexibility index (Phi) is 3.99. The molecule has 0 N–H and O–H groups in total. The highest BCUT2D eigenvalue weighted by atomic mass is 35.5. The second-order valence-electron chi connectivity index (χ2n) is 4.42. The lowest BCUT2D eigenvalue weighted by Crippen LogP contribution is -1.94. The molecule has 106 valence electrons. The smallest absolute Gasteiger partial charge is 0.250 e. The molecule has 0 bridgehead atoms. The second-order valence-corrected chi connectivity index (χ2v) is 5.62. The number of hydrogen-bond acceptors (Lipinski definition) is 4. The minimum Gasteiger partial charge on any atom is -0.476 e. The van der Waals surface area contributed by atoms with Crippen LogP contribution < -0.4 is 0 Å². The van der Waals surface area contributed by atoms with Crippen molar-refractivity contribution >= 4 is 56.1 Å². The predicted octanol–water partition coefficient (Wildman–Crippen LogP) is 5.04. The number of aliphatic imine (C=N–C) groups is 1. The molecular formula is C16H13ClN2OS. The third-order valence-electron chi connectivity index (χ3n) is 3.17. The number of methoxy groups -OCH3 is 1. The van der Waals surface area contributed by atoms with Crippen LogP contribution in [-0.4, -0.2) is 23.6 Å². The van der Waals surface area contributed by atoms with Gasteiger partial charge in [-0.3, -0.25) is 0 Å². The largest absolute Gasteiger partial charge is 0.476 e. The van der Waals surface area contributed by atoms with Crippen LogP contribution in [-0.2, 0) is 4.74 Å².